The number of sulfone groups is 1. The number of nitrogen functional groups attached to an aromatic ring is 1. The SMILES string of the molecule is Cn1nc(-c2ccc(S(=O)(=O)C3CC3)cc2)cc1N. The quantitative estimate of drug-likeness (QED) is 0.924. The fraction of sp³-hybridized carbons (Fsp3) is 0.308. The molecule has 1 heterocycles. The molecule has 0 unspecified atom stereocenters. The number of nitrogens with zero attached hydrogens (tertiary/aromatic N) is 2. The van der Waals surface area contributed by atoms with Gasteiger partial charge in [0, 0.05) is 18.7 Å². The minimum absolute atomic E-state index is 0.177. The van der Waals surface area contributed by atoms with Crippen LogP contribution in [-0.2, 0) is 16.9 Å². The van der Waals surface area contributed by atoms with Crippen molar-refractivity contribution in [3.63, 3.8) is 0 Å². The summed E-state index contributed by atoms with van der Waals surface area (Å²) in [5, 5.41) is 4.08. The van der Waals surface area contributed by atoms with Crippen LogP contribution < -0.4 is 5.73 Å². The first-order chi connectivity index (χ1) is 8.98. The van der Waals surface area contributed by atoms with Gasteiger partial charge in [-0.2, -0.15) is 5.10 Å². The number of anilines is 1. The van der Waals surface area contributed by atoms with Crippen molar-refractivity contribution >= 4 is 15.7 Å². The summed E-state index contributed by atoms with van der Waals surface area (Å²) < 4.78 is 25.7. The predicted octanol–water partition coefficient (Wildman–Crippen LogP) is 1.61. The second-order valence-corrected chi connectivity index (χ2v) is 7.07. The number of benzene rings is 1. The van der Waals surface area contributed by atoms with E-state index >= 15 is 0 Å². The summed E-state index contributed by atoms with van der Waals surface area (Å²) in [5.74, 6) is 0.574. The first-order valence-corrected chi connectivity index (χ1v) is 7.67. The summed E-state index contributed by atoms with van der Waals surface area (Å²) in [6, 6.07) is 8.61. The Balaban J connectivity index is 1.95. The fourth-order valence-corrected chi connectivity index (χ4v) is 3.67. The van der Waals surface area contributed by atoms with Gasteiger partial charge < -0.3 is 5.73 Å². The molecule has 3 rings (SSSR count). The van der Waals surface area contributed by atoms with Crippen LogP contribution in [0.15, 0.2) is 35.2 Å². The highest BCUT2D eigenvalue weighted by molar-refractivity contribution is 7.92. The Bertz CT molecular complexity index is 693. The number of hydrogen-bond acceptors (Lipinski definition) is 4. The van der Waals surface area contributed by atoms with Crippen LogP contribution in [0.3, 0.4) is 0 Å². The molecule has 0 aliphatic heterocycles. The normalized spacial score (nSPS) is 15.6. The van der Waals surface area contributed by atoms with Gasteiger partial charge in [0.2, 0.25) is 0 Å². The van der Waals surface area contributed by atoms with Gasteiger partial charge in [-0.05, 0) is 25.0 Å². The van der Waals surface area contributed by atoms with E-state index in [0.717, 1.165) is 24.1 Å². The molecule has 1 aliphatic rings. The molecule has 0 saturated heterocycles. The summed E-state index contributed by atoms with van der Waals surface area (Å²) in [4.78, 5) is 0.391. The Kier molecular flexibility index (Phi) is 2.63. The lowest BCUT2D eigenvalue weighted by Crippen LogP contribution is -2.06. The second-order valence-electron chi connectivity index (χ2n) is 4.85. The molecule has 100 valence electrons. The van der Waals surface area contributed by atoms with Crippen molar-refractivity contribution in [3.8, 4) is 11.3 Å². The van der Waals surface area contributed by atoms with E-state index < -0.39 is 9.84 Å². The maximum Gasteiger partial charge on any atom is 0.181 e. The van der Waals surface area contributed by atoms with Crippen molar-refractivity contribution in [1.29, 1.82) is 0 Å². The largest absolute Gasteiger partial charge is 0.384 e. The third kappa shape index (κ3) is 2.12. The Morgan fingerprint density at radius 3 is 2.37 bits per heavy atom. The number of rotatable bonds is 3. The van der Waals surface area contributed by atoms with Crippen molar-refractivity contribution in [2.24, 2.45) is 7.05 Å². The van der Waals surface area contributed by atoms with Crippen LogP contribution in [0.5, 0.6) is 0 Å². The molecule has 6 heteroatoms. The Hall–Kier alpha value is -1.82. The standard InChI is InChI=1S/C13H15N3O2S/c1-16-13(14)8-12(15-16)9-2-4-10(5-3-9)19(17,18)11-6-7-11/h2-5,8,11H,6-7,14H2,1H3. The lowest BCUT2D eigenvalue weighted by molar-refractivity contribution is 0.595. The monoisotopic (exact) mass is 277 g/mol. The van der Waals surface area contributed by atoms with Gasteiger partial charge in [-0.25, -0.2) is 8.42 Å². The molecule has 0 spiro atoms. The van der Waals surface area contributed by atoms with E-state index in [9.17, 15) is 8.42 Å². The second kappa shape index (κ2) is 4.09. The average molecular weight is 277 g/mol. The zero-order valence-corrected chi connectivity index (χ0v) is 11.4. The third-order valence-corrected chi connectivity index (χ3v) is 5.64. The van der Waals surface area contributed by atoms with Crippen LogP contribution in [-0.4, -0.2) is 23.4 Å². The molecule has 1 saturated carbocycles. The highest BCUT2D eigenvalue weighted by Gasteiger charge is 2.36. The smallest absolute Gasteiger partial charge is 0.181 e. The number of hydrogen-bond donors (Lipinski definition) is 1. The minimum Gasteiger partial charge on any atom is -0.384 e. The molecule has 2 aromatic rings. The molecular formula is C13H15N3O2S. The molecular weight excluding hydrogens is 262 g/mol. The first-order valence-electron chi connectivity index (χ1n) is 6.12. The van der Waals surface area contributed by atoms with Crippen LogP contribution in [0.25, 0.3) is 11.3 Å². The van der Waals surface area contributed by atoms with Crippen LogP contribution in [0.2, 0.25) is 0 Å². The highest BCUT2D eigenvalue weighted by atomic mass is 32.2. The van der Waals surface area contributed by atoms with E-state index in [2.05, 4.69) is 5.10 Å². The topological polar surface area (TPSA) is 78.0 Å². The zero-order valence-electron chi connectivity index (χ0n) is 10.6. The van der Waals surface area contributed by atoms with E-state index in [1.54, 1.807) is 42.1 Å². The van der Waals surface area contributed by atoms with Gasteiger partial charge in [0.1, 0.15) is 5.82 Å². The number of nitrogens with two attached hydrogens (primary N) is 1. The van der Waals surface area contributed by atoms with Gasteiger partial charge in [-0.3, -0.25) is 4.68 Å². The van der Waals surface area contributed by atoms with E-state index in [4.69, 9.17) is 5.73 Å². The molecule has 19 heavy (non-hydrogen) atoms. The summed E-state index contributed by atoms with van der Waals surface area (Å²) >= 11 is 0. The van der Waals surface area contributed by atoms with Gasteiger partial charge in [0.15, 0.2) is 9.84 Å². The molecule has 0 bridgehead atoms. The van der Waals surface area contributed by atoms with Gasteiger partial charge in [-0.15, -0.1) is 0 Å². The van der Waals surface area contributed by atoms with Crippen LogP contribution >= 0.6 is 0 Å². The van der Waals surface area contributed by atoms with Gasteiger partial charge in [-0.1, -0.05) is 12.1 Å². The lowest BCUT2D eigenvalue weighted by Gasteiger charge is -2.03. The zero-order chi connectivity index (χ0) is 13.6. The van der Waals surface area contributed by atoms with Crippen LogP contribution in [0.1, 0.15) is 12.8 Å². The minimum atomic E-state index is -3.12. The molecule has 1 aromatic carbocycles. The van der Waals surface area contributed by atoms with Crippen molar-refractivity contribution in [1.82, 2.24) is 9.78 Å². The Morgan fingerprint density at radius 2 is 1.89 bits per heavy atom. The summed E-state index contributed by atoms with van der Waals surface area (Å²) in [6.45, 7) is 0. The highest BCUT2D eigenvalue weighted by Crippen LogP contribution is 2.34. The summed E-state index contributed by atoms with van der Waals surface area (Å²) in [7, 11) is -1.35. The average Bonchev–Trinajstić information content (AvgIpc) is 3.18. The Labute approximate surface area is 112 Å². The molecule has 1 aliphatic carbocycles. The van der Waals surface area contributed by atoms with Crippen molar-refractivity contribution < 1.29 is 8.42 Å². The number of aryl methyl sites for hydroxylation is 1. The maximum absolute atomic E-state index is 12.1. The molecule has 5 nitrogen and oxygen atoms in total. The van der Waals surface area contributed by atoms with E-state index in [0.29, 0.717) is 10.7 Å². The first kappa shape index (κ1) is 12.2. The summed E-state index contributed by atoms with van der Waals surface area (Å²) in [6.07, 6.45) is 1.56. The number of aromatic nitrogens is 2. The molecule has 0 amide bonds. The molecule has 2 N–H and O–H groups in total. The van der Waals surface area contributed by atoms with Gasteiger partial charge in [0.05, 0.1) is 15.8 Å². The van der Waals surface area contributed by atoms with E-state index in [1.165, 1.54) is 0 Å². The molecule has 1 aromatic heterocycles. The molecule has 0 radical (unpaired) electrons. The lowest BCUT2D eigenvalue weighted by atomic mass is 10.1. The third-order valence-electron chi connectivity index (χ3n) is 3.36. The van der Waals surface area contributed by atoms with Gasteiger partial charge >= 0.3 is 0 Å². The van der Waals surface area contributed by atoms with E-state index in [1.807, 2.05) is 0 Å². The Morgan fingerprint density at radius 1 is 1.26 bits per heavy atom. The van der Waals surface area contributed by atoms with E-state index in [-0.39, 0.29) is 5.25 Å². The van der Waals surface area contributed by atoms with Crippen molar-refractivity contribution in [2.75, 3.05) is 5.73 Å². The van der Waals surface area contributed by atoms with Gasteiger partial charge in [0.25, 0.3) is 0 Å². The molecule has 1 fully saturated rings. The predicted molar refractivity (Wildman–Crippen MR) is 73.3 cm³/mol. The van der Waals surface area contributed by atoms with Crippen LogP contribution in [0, 0.1) is 0 Å². The summed E-state index contributed by atoms with van der Waals surface area (Å²) in [5.41, 5.74) is 7.34. The molecule has 0 atom stereocenters. The maximum atomic E-state index is 12.1. The fourth-order valence-electron chi connectivity index (χ4n) is 2.01. The van der Waals surface area contributed by atoms with Crippen molar-refractivity contribution in [3.05, 3.63) is 30.3 Å². The van der Waals surface area contributed by atoms with Crippen LogP contribution in [0.4, 0.5) is 5.82 Å². The van der Waals surface area contributed by atoms with Crippen molar-refractivity contribution in [2.45, 2.75) is 23.0 Å².